The Morgan fingerprint density at radius 3 is 2.36 bits per heavy atom. The van der Waals surface area contributed by atoms with Crippen LogP contribution in [0.4, 0.5) is 5.69 Å². The molecule has 0 radical (unpaired) electrons. The fourth-order valence-electron chi connectivity index (χ4n) is 8.45. The number of esters is 1. The largest absolute Gasteiger partial charge is 0.463 e. The summed E-state index contributed by atoms with van der Waals surface area (Å²) < 4.78 is 12.4. The molecule has 10 nitrogen and oxygen atoms in total. The Labute approximate surface area is 307 Å². The standard InChI is InChI=1S/C43H41N3O7/c47-26-33(24-28-12-4-1-5-13-28)46-39-42(51)45(32-20-19-29-14-9-10-17-31(29)25-32)23-11-3-8-18-36(48)52-27-34(30-15-6-2-7-16-30)44-40(49)37-35-21-22-43(39,53-35)38(37)41(46)50/h1-7,9-17,19-22,25,33-35,37-39,47H,8,18,23-24,26-27H2,(H,44,49)/b11-3-/t33-,34-,35-,37+,38+,39-,43+/m1/s1. The minimum atomic E-state index is -1.47. The van der Waals surface area contributed by atoms with Crippen molar-refractivity contribution in [2.75, 3.05) is 24.7 Å². The first-order chi connectivity index (χ1) is 25.9. The average molecular weight is 712 g/mol. The highest BCUT2D eigenvalue weighted by Crippen LogP contribution is 2.56. The number of aliphatic hydroxyl groups excluding tert-OH is 1. The number of aliphatic hydroxyl groups is 1. The molecule has 10 heteroatoms. The Kier molecular flexibility index (Phi) is 9.40. The Bertz CT molecular complexity index is 2090. The molecule has 4 aliphatic heterocycles. The lowest BCUT2D eigenvalue weighted by molar-refractivity contribution is -0.146. The molecule has 8 rings (SSSR count). The molecule has 3 amide bonds. The first kappa shape index (κ1) is 34.5. The summed E-state index contributed by atoms with van der Waals surface area (Å²) in [6, 6.07) is 29.7. The van der Waals surface area contributed by atoms with Gasteiger partial charge in [0.05, 0.1) is 36.6 Å². The molecule has 2 saturated heterocycles. The Balaban J connectivity index is 1.25. The third-order valence-electron chi connectivity index (χ3n) is 11.0. The number of ether oxygens (including phenoxy) is 2. The van der Waals surface area contributed by atoms with Crippen LogP contribution in [-0.2, 0) is 35.1 Å². The van der Waals surface area contributed by atoms with Gasteiger partial charge in [0.1, 0.15) is 18.2 Å². The minimum Gasteiger partial charge on any atom is -0.463 e. The second kappa shape index (κ2) is 14.4. The van der Waals surface area contributed by atoms with Gasteiger partial charge < -0.3 is 29.7 Å². The number of carbonyl (C=O) groups excluding carboxylic acids is 4. The SMILES string of the molecule is O=C1CC/C=C\CN(c2ccc3ccccc3c2)C(=O)[C@H]2N([C@@H](CO)Cc3ccccc3)C(=O)[C@@H]3[C@@H](C(=O)N[C@@H](c4ccccc4)CO1)[C@H]1C=C[C@]32O1. The molecule has 2 N–H and O–H groups in total. The van der Waals surface area contributed by atoms with Crippen LogP contribution in [0.2, 0.25) is 0 Å². The van der Waals surface area contributed by atoms with E-state index in [2.05, 4.69) is 5.32 Å². The lowest BCUT2D eigenvalue weighted by Gasteiger charge is -2.39. The number of nitrogens with one attached hydrogen (secondary N) is 1. The highest BCUT2D eigenvalue weighted by molar-refractivity contribution is 6.06. The van der Waals surface area contributed by atoms with Crippen molar-refractivity contribution in [3.8, 4) is 0 Å². The molecule has 0 aliphatic carbocycles. The summed E-state index contributed by atoms with van der Waals surface area (Å²) in [4.78, 5) is 60.8. The van der Waals surface area contributed by atoms with E-state index in [-0.39, 0.29) is 26.0 Å². The topological polar surface area (TPSA) is 125 Å². The van der Waals surface area contributed by atoms with E-state index in [1.54, 1.807) is 17.1 Å². The van der Waals surface area contributed by atoms with Crippen LogP contribution in [0.15, 0.2) is 127 Å². The molecule has 0 aromatic heterocycles. The maximum Gasteiger partial charge on any atom is 0.306 e. The van der Waals surface area contributed by atoms with Gasteiger partial charge in [0.15, 0.2) is 0 Å². The number of nitrogens with zero attached hydrogens (tertiary/aromatic N) is 2. The van der Waals surface area contributed by atoms with Gasteiger partial charge in [0.25, 0.3) is 5.91 Å². The van der Waals surface area contributed by atoms with E-state index in [1.807, 2.05) is 115 Å². The maximum absolute atomic E-state index is 15.4. The molecular weight excluding hydrogens is 670 g/mol. The van der Waals surface area contributed by atoms with Crippen LogP contribution in [0.5, 0.6) is 0 Å². The zero-order valence-corrected chi connectivity index (χ0v) is 29.1. The van der Waals surface area contributed by atoms with Gasteiger partial charge in [-0.3, -0.25) is 19.2 Å². The molecule has 0 unspecified atom stereocenters. The van der Waals surface area contributed by atoms with Gasteiger partial charge in [-0.15, -0.1) is 0 Å². The van der Waals surface area contributed by atoms with E-state index in [4.69, 9.17) is 9.47 Å². The summed E-state index contributed by atoms with van der Waals surface area (Å²) in [6.45, 7) is -0.363. The molecule has 4 aliphatic rings. The number of amides is 3. The molecule has 270 valence electrons. The molecule has 1 spiro atoms. The van der Waals surface area contributed by atoms with Crippen LogP contribution < -0.4 is 10.2 Å². The predicted octanol–water partition coefficient (Wildman–Crippen LogP) is 4.68. The van der Waals surface area contributed by atoms with E-state index in [9.17, 15) is 19.5 Å². The number of hydrogen-bond donors (Lipinski definition) is 2. The van der Waals surface area contributed by atoms with Crippen LogP contribution in [0.3, 0.4) is 0 Å². The molecular formula is C43H41N3O7. The summed E-state index contributed by atoms with van der Waals surface area (Å²) in [7, 11) is 0. The summed E-state index contributed by atoms with van der Waals surface area (Å²) in [5.41, 5.74) is 0.775. The second-order valence-corrected chi connectivity index (χ2v) is 14.1. The third-order valence-corrected chi connectivity index (χ3v) is 11.0. The predicted molar refractivity (Wildman–Crippen MR) is 198 cm³/mol. The number of fused-ring (bicyclic) bond motifs is 3. The molecule has 0 saturated carbocycles. The first-order valence-electron chi connectivity index (χ1n) is 18.2. The van der Waals surface area contributed by atoms with Gasteiger partial charge in [-0.2, -0.15) is 0 Å². The summed E-state index contributed by atoms with van der Waals surface area (Å²) in [5.74, 6) is -3.71. The molecule has 5 bridgehead atoms. The molecule has 4 aromatic rings. The number of likely N-dealkylation sites (tertiary alicyclic amines) is 1. The van der Waals surface area contributed by atoms with E-state index in [1.165, 1.54) is 4.90 Å². The van der Waals surface area contributed by atoms with E-state index in [0.717, 1.165) is 21.9 Å². The van der Waals surface area contributed by atoms with Gasteiger partial charge >= 0.3 is 5.97 Å². The zero-order chi connectivity index (χ0) is 36.5. The molecule has 2 fully saturated rings. The number of anilines is 1. The van der Waals surface area contributed by atoms with Gasteiger partial charge in [0, 0.05) is 18.7 Å². The lowest BCUT2D eigenvalue weighted by Crippen LogP contribution is -2.59. The molecule has 7 atom stereocenters. The summed E-state index contributed by atoms with van der Waals surface area (Å²) in [6.07, 6.45) is 7.25. The van der Waals surface area contributed by atoms with Crippen molar-refractivity contribution in [2.24, 2.45) is 11.8 Å². The zero-order valence-electron chi connectivity index (χ0n) is 29.1. The Morgan fingerprint density at radius 1 is 0.849 bits per heavy atom. The number of rotatable bonds is 6. The number of carbonyl (C=O) groups is 4. The summed E-state index contributed by atoms with van der Waals surface area (Å²) >= 11 is 0. The highest BCUT2D eigenvalue weighted by atomic mass is 16.5. The van der Waals surface area contributed by atoms with Gasteiger partial charge in [-0.25, -0.2) is 0 Å². The fourth-order valence-corrected chi connectivity index (χ4v) is 8.45. The van der Waals surface area contributed by atoms with Crippen LogP contribution in [0.1, 0.15) is 30.0 Å². The molecule has 4 heterocycles. The van der Waals surface area contributed by atoms with Crippen molar-refractivity contribution in [3.63, 3.8) is 0 Å². The fraction of sp³-hybridized carbons (Fsp3) is 0.302. The number of hydrogen-bond acceptors (Lipinski definition) is 7. The number of benzene rings is 4. The number of cyclic esters (lactones) is 1. The van der Waals surface area contributed by atoms with Crippen molar-refractivity contribution < 1.29 is 33.8 Å². The van der Waals surface area contributed by atoms with Gasteiger partial charge in [-0.05, 0) is 46.9 Å². The maximum atomic E-state index is 15.4. The third kappa shape index (κ3) is 6.32. The molecule has 53 heavy (non-hydrogen) atoms. The van der Waals surface area contributed by atoms with Crippen LogP contribution in [0, 0.1) is 11.8 Å². The van der Waals surface area contributed by atoms with E-state index in [0.29, 0.717) is 12.1 Å². The monoisotopic (exact) mass is 711 g/mol. The molecule has 4 aromatic carbocycles. The van der Waals surface area contributed by atoms with Crippen LogP contribution >= 0.6 is 0 Å². The van der Waals surface area contributed by atoms with Crippen molar-refractivity contribution >= 4 is 40.2 Å². The second-order valence-electron chi connectivity index (χ2n) is 14.1. The van der Waals surface area contributed by atoms with Crippen molar-refractivity contribution in [3.05, 3.63) is 139 Å². The van der Waals surface area contributed by atoms with E-state index >= 15 is 4.79 Å². The minimum absolute atomic E-state index is 0.0945. The van der Waals surface area contributed by atoms with Gasteiger partial charge in [-0.1, -0.05) is 115 Å². The van der Waals surface area contributed by atoms with E-state index < -0.39 is 72.0 Å². The van der Waals surface area contributed by atoms with Crippen LogP contribution in [-0.4, -0.2) is 77.2 Å². The Hall–Kier alpha value is -5.58. The highest BCUT2D eigenvalue weighted by Gasteiger charge is 2.74. The van der Waals surface area contributed by atoms with Gasteiger partial charge in [0.2, 0.25) is 11.8 Å². The normalized spacial score (nSPS) is 28.5. The Morgan fingerprint density at radius 2 is 1.58 bits per heavy atom. The number of allylic oxidation sites excluding steroid dienone is 1. The van der Waals surface area contributed by atoms with Crippen molar-refractivity contribution in [1.82, 2.24) is 10.2 Å². The van der Waals surface area contributed by atoms with Crippen LogP contribution in [0.25, 0.3) is 10.8 Å². The van der Waals surface area contributed by atoms with Crippen molar-refractivity contribution in [2.45, 2.75) is 49.1 Å². The smallest absolute Gasteiger partial charge is 0.306 e. The first-order valence-corrected chi connectivity index (χ1v) is 18.2. The van der Waals surface area contributed by atoms with Crippen molar-refractivity contribution in [1.29, 1.82) is 0 Å². The quantitative estimate of drug-likeness (QED) is 0.220. The average Bonchev–Trinajstić information content (AvgIpc) is 3.84. The lowest BCUT2D eigenvalue weighted by atomic mass is 9.74. The summed E-state index contributed by atoms with van der Waals surface area (Å²) in [5, 5.41) is 15.9.